The smallest absolute Gasteiger partial charge is 0.145 e. The molecule has 0 unspecified atom stereocenters. The van der Waals surface area contributed by atoms with E-state index < -0.39 is 0 Å². The van der Waals surface area contributed by atoms with Crippen LogP contribution in [0.5, 0.6) is 11.5 Å². The number of pyridine rings is 1. The van der Waals surface area contributed by atoms with Crippen LogP contribution in [-0.4, -0.2) is 16.2 Å². The quantitative estimate of drug-likeness (QED) is 0.129. The van der Waals surface area contributed by atoms with Gasteiger partial charge in [0.1, 0.15) is 35.2 Å². The Kier molecular flexibility index (Phi) is 13.1. The van der Waals surface area contributed by atoms with Gasteiger partial charge >= 0.3 is 0 Å². The van der Waals surface area contributed by atoms with E-state index in [1.165, 1.54) is 67.0 Å². The monoisotopic (exact) mass is 1050 g/mol. The van der Waals surface area contributed by atoms with Gasteiger partial charge in [-0.25, -0.2) is 4.98 Å². The van der Waals surface area contributed by atoms with Crippen molar-refractivity contribution in [1.82, 2.24) is 9.55 Å². The number of hydrogen-bond donors (Lipinski definition) is 0. The van der Waals surface area contributed by atoms with Crippen LogP contribution >= 0.6 is 0 Å². The molecule has 0 amide bonds. The van der Waals surface area contributed by atoms with Crippen molar-refractivity contribution in [1.29, 1.82) is 0 Å². The van der Waals surface area contributed by atoms with E-state index in [-0.39, 0.29) is 10.8 Å². The molecule has 0 atom stereocenters. The van der Waals surface area contributed by atoms with Crippen molar-refractivity contribution in [2.75, 3.05) is 16.5 Å². The molecule has 8 aromatic carbocycles. The molecule has 0 saturated heterocycles. The second-order valence-corrected chi connectivity index (χ2v) is 25.6. The summed E-state index contributed by atoms with van der Waals surface area (Å²) in [5.74, 6) is 3.66. The molecule has 0 saturated carbocycles. The van der Waals surface area contributed by atoms with Crippen LogP contribution in [0.4, 0.5) is 22.7 Å². The summed E-state index contributed by atoms with van der Waals surface area (Å²) in [6.45, 7) is 32.9. The highest BCUT2D eigenvalue weighted by molar-refractivity contribution is 6.24. The largest absolute Gasteiger partial charge is 0.457 e. The molecule has 11 aromatic rings. The maximum absolute atomic E-state index is 7.22. The fourth-order valence-corrected chi connectivity index (χ4v) is 12.5. The Morgan fingerprint density at radius 2 is 1.04 bits per heavy atom. The van der Waals surface area contributed by atoms with Crippen molar-refractivity contribution in [2.45, 2.75) is 131 Å². The van der Waals surface area contributed by atoms with Crippen LogP contribution in [-0.2, 0) is 10.8 Å². The van der Waals surface area contributed by atoms with Gasteiger partial charge in [0.15, 0.2) is 0 Å². The van der Waals surface area contributed by atoms with Gasteiger partial charge < -0.3 is 19.0 Å². The highest BCUT2D eigenvalue weighted by Crippen LogP contribution is 2.54. The van der Waals surface area contributed by atoms with Gasteiger partial charge in [-0.15, -0.1) is 0 Å². The number of fused-ring (bicyclic) bond motifs is 8. The van der Waals surface area contributed by atoms with Crippen LogP contribution in [0.15, 0.2) is 174 Å². The van der Waals surface area contributed by atoms with Crippen molar-refractivity contribution in [3.8, 4) is 39.6 Å². The van der Waals surface area contributed by atoms with Gasteiger partial charge in [-0.3, -0.25) is 4.57 Å². The first-order valence-electron chi connectivity index (χ1n) is 29.0. The first-order valence-corrected chi connectivity index (χ1v) is 29.0. The number of anilines is 4. The zero-order valence-corrected chi connectivity index (χ0v) is 49.3. The Balaban J connectivity index is 1.03. The van der Waals surface area contributed by atoms with Crippen molar-refractivity contribution < 1.29 is 9.15 Å². The lowest BCUT2D eigenvalue weighted by Crippen LogP contribution is -2.25. The zero-order valence-electron chi connectivity index (χ0n) is 49.3. The SMILES string of the molecule is CC(C)c1cccc(C(C)C)c1-c1cccc(-c2c(C(C)C)cccc2C(C)C)c1N1CN(c2cc(Oc3ccc4c5c6oc7ccccc7c6ccc5n(-c5cc(C(C)(C)C)ccn5)c4c3)cc(C(C)(C)C)c2)c2ccccc21. The van der Waals surface area contributed by atoms with Crippen LogP contribution < -0.4 is 14.5 Å². The number of benzene rings is 8. The summed E-state index contributed by atoms with van der Waals surface area (Å²) in [5, 5.41) is 4.34. The van der Waals surface area contributed by atoms with Crippen molar-refractivity contribution in [3.63, 3.8) is 0 Å². The Labute approximate surface area is 473 Å². The van der Waals surface area contributed by atoms with Crippen molar-refractivity contribution in [3.05, 3.63) is 203 Å². The first kappa shape index (κ1) is 52.6. The van der Waals surface area contributed by atoms with Crippen molar-refractivity contribution in [2.24, 2.45) is 0 Å². The molecule has 1 aliphatic rings. The Bertz CT molecular complexity index is 4060. The molecule has 80 heavy (non-hydrogen) atoms. The third-order valence-corrected chi connectivity index (χ3v) is 16.7. The summed E-state index contributed by atoms with van der Waals surface area (Å²) in [6, 6.07) is 60.5. The number of ether oxygens (including phenoxy) is 1. The first-order chi connectivity index (χ1) is 38.3. The summed E-state index contributed by atoms with van der Waals surface area (Å²) >= 11 is 0. The van der Waals surface area contributed by atoms with Gasteiger partial charge in [0.25, 0.3) is 0 Å². The Hall–Kier alpha value is -8.09. The molecular weight excluding hydrogens is 977 g/mol. The molecule has 6 nitrogen and oxygen atoms in total. The molecule has 6 heteroatoms. The Morgan fingerprint density at radius 3 is 1.64 bits per heavy atom. The molecule has 0 N–H and O–H groups in total. The van der Waals surface area contributed by atoms with Crippen LogP contribution in [0, 0.1) is 0 Å². The molecule has 12 rings (SSSR count). The molecule has 4 heterocycles. The summed E-state index contributed by atoms with van der Waals surface area (Å²) in [6.07, 6.45) is 1.94. The highest BCUT2D eigenvalue weighted by atomic mass is 16.5. The van der Waals surface area contributed by atoms with E-state index in [4.69, 9.17) is 14.1 Å². The van der Waals surface area contributed by atoms with E-state index in [0.717, 1.165) is 72.4 Å². The second-order valence-electron chi connectivity index (χ2n) is 25.6. The summed E-state index contributed by atoms with van der Waals surface area (Å²) in [5.41, 5.74) is 21.3. The van der Waals surface area contributed by atoms with Gasteiger partial charge in [0, 0.05) is 51.3 Å². The lowest BCUT2D eigenvalue weighted by atomic mass is 9.80. The maximum Gasteiger partial charge on any atom is 0.145 e. The molecule has 0 fully saturated rings. The van der Waals surface area contributed by atoms with Gasteiger partial charge in [0.2, 0.25) is 0 Å². The predicted octanol–water partition coefficient (Wildman–Crippen LogP) is 21.5. The molecule has 0 bridgehead atoms. The van der Waals surface area contributed by atoms with E-state index in [0.29, 0.717) is 30.3 Å². The lowest BCUT2D eigenvalue weighted by molar-refractivity contribution is 0.479. The summed E-state index contributed by atoms with van der Waals surface area (Å²) in [7, 11) is 0. The van der Waals surface area contributed by atoms with Crippen LogP contribution in [0.2, 0.25) is 0 Å². The average molecular weight is 1050 g/mol. The number of hydrogen-bond acceptors (Lipinski definition) is 5. The van der Waals surface area contributed by atoms with Crippen LogP contribution in [0.1, 0.15) is 154 Å². The zero-order chi connectivity index (χ0) is 56.1. The maximum atomic E-state index is 7.22. The summed E-state index contributed by atoms with van der Waals surface area (Å²) < 4.78 is 16.2. The van der Waals surface area contributed by atoms with Crippen LogP contribution in [0.3, 0.4) is 0 Å². The number of aromatic nitrogens is 2. The Morgan fingerprint density at radius 1 is 0.475 bits per heavy atom. The standard InChI is InChI=1S/C74H76N4O2/c1-44(2)53-23-19-24-54(45(3)4)68(53)60-27-21-28-61(69-55(46(5)6)25-20-26-56(69)47(7)8)71(60)77-43-76(62-29-16-17-30-63(62)77)50-38-49(74(12,13)14)39-52(41-50)79-51-32-33-59-65(42-51)78(67-40-48(36-37-75-67)73(9,10)11)64-35-34-58-57-22-15-18-31-66(57)80-72(58)70(59)64/h15-42,44-47H,43H2,1-14H3. The van der Waals surface area contributed by atoms with E-state index in [2.05, 4.69) is 269 Å². The molecule has 404 valence electrons. The van der Waals surface area contributed by atoms with E-state index in [1.54, 1.807) is 0 Å². The fourth-order valence-electron chi connectivity index (χ4n) is 12.5. The third kappa shape index (κ3) is 9.01. The van der Waals surface area contributed by atoms with Crippen molar-refractivity contribution >= 4 is 66.5 Å². The average Bonchev–Trinajstić information content (AvgIpc) is 4.28. The molecule has 1 aliphatic heterocycles. The molecule has 3 aromatic heterocycles. The van der Waals surface area contributed by atoms with Gasteiger partial charge in [-0.2, -0.15) is 0 Å². The van der Waals surface area contributed by atoms with Crippen LogP contribution in [0.25, 0.3) is 71.8 Å². The van der Waals surface area contributed by atoms with Gasteiger partial charge in [0.05, 0.1) is 33.5 Å². The van der Waals surface area contributed by atoms with E-state index in [9.17, 15) is 0 Å². The lowest BCUT2D eigenvalue weighted by Gasteiger charge is -2.31. The minimum absolute atomic E-state index is 0.0714. The number of nitrogens with zero attached hydrogens (tertiary/aromatic N) is 4. The fraction of sp³-hybridized carbons (Fsp3) is 0.284. The predicted molar refractivity (Wildman–Crippen MR) is 339 cm³/mol. The molecule has 0 spiro atoms. The number of furan rings is 1. The normalized spacial score (nSPS) is 13.2. The van der Waals surface area contributed by atoms with Gasteiger partial charge in [-0.1, -0.05) is 182 Å². The molecular formula is C74H76N4O2. The molecule has 0 radical (unpaired) electrons. The third-order valence-electron chi connectivity index (χ3n) is 16.7. The minimum Gasteiger partial charge on any atom is -0.457 e. The minimum atomic E-state index is -0.188. The second kappa shape index (κ2) is 19.9. The highest BCUT2D eigenvalue weighted by Gasteiger charge is 2.35. The molecule has 0 aliphatic carbocycles. The number of para-hydroxylation sites is 4. The van der Waals surface area contributed by atoms with E-state index in [1.807, 2.05) is 12.3 Å². The van der Waals surface area contributed by atoms with E-state index >= 15 is 0 Å². The topological polar surface area (TPSA) is 46.7 Å². The summed E-state index contributed by atoms with van der Waals surface area (Å²) in [4.78, 5) is 10.2. The van der Waals surface area contributed by atoms with Gasteiger partial charge in [-0.05, 0) is 146 Å². The number of rotatable bonds is 11.